The summed E-state index contributed by atoms with van der Waals surface area (Å²) in [6.07, 6.45) is 11.9. The van der Waals surface area contributed by atoms with Crippen LogP contribution in [0.1, 0.15) is 39.5 Å². The van der Waals surface area contributed by atoms with Crippen LogP contribution >= 0.6 is 0 Å². The molecule has 0 aromatic carbocycles. The highest BCUT2D eigenvalue weighted by molar-refractivity contribution is 5.28. The van der Waals surface area contributed by atoms with E-state index in [0.717, 1.165) is 12.3 Å². The predicted octanol–water partition coefficient (Wildman–Crippen LogP) is 4.26. The van der Waals surface area contributed by atoms with Gasteiger partial charge in [0.2, 0.25) is 0 Å². The van der Waals surface area contributed by atoms with Crippen molar-refractivity contribution in [3.63, 3.8) is 0 Å². The highest BCUT2D eigenvalue weighted by atomic mass is 14.4. The van der Waals surface area contributed by atoms with Gasteiger partial charge in [0.1, 0.15) is 0 Å². The van der Waals surface area contributed by atoms with Crippen LogP contribution in [0.25, 0.3) is 0 Å². The minimum Gasteiger partial charge on any atom is -0.103 e. The minimum atomic E-state index is 0.441. The van der Waals surface area contributed by atoms with Gasteiger partial charge in [0.25, 0.3) is 0 Å². The maximum Gasteiger partial charge on any atom is -0.00729 e. The first-order chi connectivity index (χ1) is 6.65. The van der Waals surface area contributed by atoms with Crippen molar-refractivity contribution in [1.82, 2.24) is 0 Å². The summed E-state index contributed by atoms with van der Waals surface area (Å²) in [5.74, 6) is 0.822. The molecule has 2 unspecified atom stereocenters. The number of hydrogen-bond acceptors (Lipinski definition) is 0. The Kier molecular flexibility index (Phi) is 2.38. The van der Waals surface area contributed by atoms with Crippen LogP contribution < -0.4 is 0 Å². The fraction of sp³-hybridized carbons (Fsp3) is 0.571. The smallest absolute Gasteiger partial charge is 0.00729 e. The van der Waals surface area contributed by atoms with E-state index in [1.165, 1.54) is 19.3 Å². The van der Waals surface area contributed by atoms with E-state index in [1.807, 2.05) is 6.08 Å². The molecule has 0 amide bonds. The summed E-state index contributed by atoms with van der Waals surface area (Å²) in [6.45, 7) is 8.55. The zero-order valence-corrected chi connectivity index (χ0v) is 9.34. The third-order valence-corrected chi connectivity index (χ3v) is 4.00. The second-order valence-corrected chi connectivity index (χ2v) is 5.07. The van der Waals surface area contributed by atoms with E-state index in [9.17, 15) is 0 Å². The Bertz CT molecular complexity index is 306. The Balaban J connectivity index is 2.27. The van der Waals surface area contributed by atoms with Crippen molar-refractivity contribution < 1.29 is 0 Å². The van der Waals surface area contributed by atoms with E-state index in [-0.39, 0.29) is 0 Å². The van der Waals surface area contributed by atoms with Gasteiger partial charge in [0.05, 0.1) is 0 Å². The molecule has 2 bridgehead atoms. The average Bonchev–Trinajstić information content (AvgIpc) is 2.17. The molecule has 0 heterocycles. The molecule has 0 nitrogen and oxygen atoms in total. The van der Waals surface area contributed by atoms with Crippen molar-refractivity contribution in [3.8, 4) is 0 Å². The zero-order chi connectivity index (χ0) is 10.2. The van der Waals surface area contributed by atoms with Crippen molar-refractivity contribution >= 4 is 0 Å². The maximum atomic E-state index is 3.85. The minimum absolute atomic E-state index is 0.441. The summed E-state index contributed by atoms with van der Waals surface area (Å²) in [7, 11) is 0. The molecule has 0 radical (unpaired) electrons. The lowest BCUT2D eigenvalue weighted by atomic mass is 9.62. The van der Waals surface area contributed by atoms with Crippen LogP contribution in [0, 0.1) is 11.3 Å². The van der Waals surface area contributed by atoms with E-state index >= 15 is 0 Å². The van der Waals surface area contributed by atoms with Crippen molar-refractivity contribution in [2.45, 2.75) is 39.5 Å². The number of allylic oxidation sites excluding steroid dienone is 5. The molecule has 14 heavy (non-hydrogen) atoms. The van der Waals surface area contributed by atoms with Crippen LogP contribution in [0.4, 0.5) is 0 Å². The first kappa shape index (κ1) is 9.76. The van der Waals surface area contributed by atoms with Gasteiger partial charge in [-0.05, 0) is 43.9 Å². The van der Waals surface area contributed by atoms with Crippen LogP contribution in [-0.4, -0.2) is 0 Å². The number of rotatable bonds is 2. The van der Waals surface area contributed by atoms with Crippen LogP contribution in [-0.2, 0) is 0 Å². The van der Waals surface area contributed by atoms with Gasteiger partial charge in [-0.25, -0.2) is 0 Å². The Hall–Kier alpha value is -0.780. The van der Waals surface area contributed by atoms with Crippen LogP contribution in [0.15, 0.2) is 36.0 Å². The molecule has 0 aromatic heterocycles. The molecule has 2 aliphatic carbocycles. The highest BCUT2D eigenvalue weighted by Gasteiger charge is 2.36. The molecule has 0 N–H and O–H groups in total. The molecule has 0 spiro atoms. The Morgan fingerprint density at radius 2 is 2.36 bits per heavy atom. The normalized spacial score (nSPS) is 36.0. The van der Waals surface area contributed by atoms with Crippen molar-refractivity contribution in [1.29, 1.82) is 0 Å². The first-order valence-electron chi connectivity index (χ1n) is 5.63. The van der Waals surface area contributed by atoms with Gasteiger partial charge in [0.15, 0.2) is 0 Å². The fourth-order valence-electron chi connectivity index (χ4n) is 2.89. The van der Waals surface area contributed by atoms with Crippen LogP contribution in [0.2, 0.25) is 0 Å². The Morgan fingerprint density at radius 3 is 3.07 bits per heavy atom. The van der Waals surface area contributed by atoms with Gasteiger partial charge in [-0.2, -0.15) is 0 Å². The number of hydrogen-bond donors (Lipinski definition) is 0. The monoisotopic (exact) mass is 188 g/mol. The third-order valence-electron chi connectivity index (χ3n) is 4.00. The summed E-state index contributed by atoms with van der Waals surface area (Å²) < 4.78 is 0. The van der Waals surface area contributed by atoms with E-state index in [1.54, 1.807) is 11.1 Å². The summed E-state index contributed by atoms with van der Waals surface area (Å²) in [5, 5.41) is 0. The Morgan fingerprint density at radius 1 is 1.57 bits per heavy atom. The van der Waals surface area contributed by atoms with E-state index in [4.69, 9.17) is 0 Å². The first-order valence-corrected chi connectivity index (χ1v) is 5.63. The molecule has 0 aromatic rings. The zero-order valence-electron chi connectivity index (χ0n) is 9.34. The summed E-state index contributed by atoms with van der Waals surface area (Å²) >= 11 is 0. The molecule has 0 saturated carbocycles. The van der Waals surface area contributed by atoms with Gasteiger partial charge < -0.3 is 0 Å². The second-order valence-electron chi connectivity index (χ2n) is 5.07. The standard InChI is InChI=1S/C14H20/c1-4-5-13-7-6-12-10-14(13,3)9-8-11(12)2/h4,7-8,12H,1,5-6,9-10H2,2-3H3. The summed E-state index contributed by atoms with van der Waals surface area (Å²) in [4.78, 5) is 0. The summed E-state index contributed by atoms with van der Waals surface area (Å²) in [5.41, 5.74) is 3.67. The molecule has 76 valence electrons. The SMILES string of the molecule is C=CCC1=CCC2CC1(C)CC=C2C. The molecular weight excluding hydrogens is 168 g/mol. The second kappa shape index (κ2) is 3.42. The van der Waals surface area contributed by atoms with E-state index < -0.39 is 0 Å². The molecule has 0 saturated heterocycles. The van der Waals surface area contributed by atoms with Crippen molar-refractivity contribution in [2.24, 2.45) is 11.3 Å². The Labute approximate surface area is 87.4 Å². The lowest BCUT2D eigenvalue weighted by molar-refractivity contribution is 0.270. The van der Waals surface area contributed by atoms with E-state index in [0.29, 0.717) is 5.41 Å². The molecule has 0 aliphatic heterocycles. The molecular formula is C14H20. The largest absolute Gasteiger partial charge is 0.103 e. The van der Waals surface area contributed by atoms with Gasteiger partial charge in [0, 0.05) is 0 Å². The summed E-state index contributed by atoms with van der Waals surface area (Å²) in [6, 6.07) is 0. The number of fused-ring (bicyclic) bond motifs is 2. The van der Waals surface area contributed by atoms with Gasteiger partial charge in [-0.3, -0.25) is 0 Å². The molecule has 2 rings (SSSR count). The predicted molar refractivity (Wildman–Crippen MR) is 62.1 cm³/mol. The van der Waals surface area contributed by atoms with E-state index in [2.05, 4.69) is 32.6 Å². The average molecular weight is 188 g/mol. The lowest BCUT2D eigenvalue weighted by Gasteiger charge is -2.42. The highest BCUT2D eigenvalue weighted by Crippen LogP contribution is 2.49. The molecule has 0 heteroatoms. The van der Waals surface area contributed by atoms with Gasteiger partial charge >= 0.3 is 0 Å². The maximum absolute atomic E-state index is 3.85. The van der Waals surface area contributed by atoms with Crippen molar-refractivity contribution in [3.05, 3.63) is 36.0 Å². The van der Waals surface area contributed by atoms with Gasteiger partial charge in [-0.15, -0.1) is 6.58 Å². The quantitative estimate of drug-likeness (QED) is 0.568. The molecule has 2 atom stereocenters. The fourth-order valence-corrected chi connectivity index (χ4v) is 2.89. The molecule has 2 aliphatic rings. The topological polar surface area (TPSA) is 0 Å². The van der Waals surface area contributed by atoms with Crippen LogP contribution in [0.5, 0.6) is 0 Å². The van der Waals surface area contributed by atoms with Crippen LogP contribution in [0.3, 0.4) is 0 Å². The van der Waals surface area contributed by atoms with Crippen molar-refractivity contribution in [2.75, 3.05) is 0 Å². The van der Waals surface area contributed by atoms with Gasteiger partial charge in [-0.1, -0.05) is 36.3 Å². The lowest BCUT2D eigenvalue weighted by Crippen LogP contribution is -2.30. The third kappa shape index (κ3) is 1.47. The molecule has 0 fully saturated rings.